The molecule has 0 bridgehead atoms. The summed E-state index contributed by atoms with van der Waals surface area (Å²) in [6.45, 7) is 4.72. The van der Waals surface area contributed by atoms with Crippen molar-refractivity contribution >= 4 is 45.6 Å². The summed E-state index contributed by atoms with van der Waals surface area (Å²) in [7, 11) is 0. The van der Waals surface area contributed by atoms with E-state index >= 15 is 0 Å². The van der Waals surface area contributed by atoms with Gasteiger partial charge in [-0.2, -0.15) is 0 Å². The third-order valence-corrected chi connectivity index (χ3v) is 6.15. The molecule has 1 aliphatic rings. The maximum absolute atomic E-state index is 12.7. The van der Waals surface area contributed by atoms with Gasteiger partial charge in [-0.3, -0.25) is 4.79 Å². The molecule has 3 aromatic heterocycles. The fraction of sp³-hybridized carbons (Fsp3) is 0.300. The van der Waals surface area contributed by atoms with Crippen molar-refractivity contribution in [2.45, 2.75) is 32.7 Å². The van der Waals surface area contributed by atoms with Gasteiger partial charge in [0.25, 0.3) is 0 Å². The molecule has 1 atom stereocenters. The van der Waals surface area contributed by atoms with Gasteiger partial charge in [0.1, 0.15) is 5.82 Å². The number of hydrogen-bond acceptors (Lipinski definition) is 7. The van der Waals surface area contributed by atoms with Crippen LogP contribution in [0, 0.1) is 13.8 Å². The summed E-state index contributed by atoms with van der Waals surface area (Å²) in [4.78, 5) is 28.0. The van der Waals surface area contributed by atoms with Crippen molar-refractivity contribution < 1.29 is 4.79 Å². The van der Waals surface area contributed by atoms with Gasteiger partial charge in [0.2, 0.25) is 5.91 Å². The van der Waals surface area contributed by atoms with Gasteiger partial charge in [-0.05, 0) is 44.4 Å². The molecule has 1 amide bonds. The summed E-state index contributed by atoms with van der Waals surface area (Å²) in [5.41, 5.74) is 2.88. The van der Waals surface area contributed by atoms with Crippen molar-refractivity contribution in [2.75, 3.05) is 11.9 Å². The highest BCUT2D eigenvalue weighted by Gasteiger charge is 2.30. The van der Waals surface area contributed by atoms with Gasteiger partial charge < -0.3 is 10.2 Å². The molecule has 1 N–H and O–H groups in total. The zero-order valence-corrected chi connectivity index (χ0v) is 17.4. The fourth-order valence-electron chi connectivity index (χ4n) is 3.20. The van der Waals surface area contributed by atoms with E-state index in [1.807, 2.05) is 47.8 Å². The lowest BCUT2D eigenvalue weighted by Crippen LogP contribution is -2.29. The van der Waals surface area contributed by atoms with E-state index < -0.39 is 0 Å². The average molecular weight is 412 g/mol. The Kier molecular flexibility index (Phi) is 5.50. The molecule has 4 heterocycles. The number of likely N-dealkylation sites (tertiary alicyclic amines) is 1. The first-order chi connectivity index (χ1) is 13.6. The molecule has 8 heteroatoms. The van der Waals surface area contributed by atoms with Gasteiger partial charge in [-0.1, -0.05) is 6.07 Å². The Balaban J connectivity index is 1.44. The molecule has 6 nitrogen and oxygen atoms in total. The van der Waals surface area contributed by atoms with Gasteiger partial charge >= 0.3 is 0 Å². The third-order valence-electron chi connectivity index (χ3n) is 4.58. The molecule has 0 aromatic carbocycles. The Morgan fingerprint density at radius 2 is 2.14 bits per heavy atom. The molecule has 0 saturated carbocycles. The van der Waals surface area contributed by atoms with Crippen molar-refractivity contribution in [1.29, 1.82) is 0 Å². The Bertz CT molecular complexity index is 992. The molecule has 1 aliphatic heterocycles. The minimum absolute atomic E-state index is 0.0101. The van der Waals surface area contributed by atoms with Crippen LogP contribution in [0.5, 0.6) is 0 Å². The SMILES string of the molecule is Cc1ccc(Nc2nc([C@@H]3CCCN3C(=O)/C=C/c3csc(C)n3)cs2)nc1. The van der Waals surface area contributed by atoms with Gasteiger partial charge in [0, 0.05) is 29.6 Å². The van der Waals surface area contributed by atoms with Gasteiger partial charge in [-0.15, -0.1) is 22.7 Å². The number of amides is 1. The van der Waals surface area contributed by atoms with Crippen LogP contribution in [0.25, 0.3) is 6.08 Å². The number of rotatable bonds is 5. The zero-order valence-electron chi connectivity index (χ0n) is 15.8. The number of nitrogens with one attached hydrogen (secondary N) is 1. The van der Waals surface area contributed by atoms with Crippen LogP contribution in [0.2, 0.25) is 0 Å². The minimum Gasteiger partial charge on any atom is -0.331 e. The Hall–Kier alpha value is -2.58. The van der Waals surface area contributed by atoms with Gasteiger partial charge in [0.15, 0.2) is 5.13 Å². The molecule has 0 spiro atoms. The van der Waals surface area contributed by atoms with Crippen molar-refractivity contribution in [1.82, 2.24) is 19.9 Å². The number of pyridine rings is 1. The van der Waals surface area contributed by atoms with Gasteiger partial charge in [-0.25, -0.2) is 15.0 Å². The lowest BCUT2D eigenvalue weighted by Gasteiger charge is -2.21. The molecule has 144 valence electrons. The molecule has 0 unspecified atom stereocenters. The second-order valence-electron chi connectivity index (χ2n) is 6.74. The number of carbonyl (C=O) groups is 1. The smallest absolute Gasteiger partial charge is 0.247 e. The van der Waals surface area contributed by atoms with Crippen LogP contribution in [0.15, 0.2) is 35.2 Å². The summed E-state index contributed by atoms with van der Waals surface area (Å²) >= 11 is 3.12. The highest BCUT2D eigenvalue weighted by Crippen LogP contribution is 2.34. The van der Waals surface area contributed by atoms with Crippen molar-refractivity contribution in [3.8, 4) is 0 Å². The predicted octanol–water partition coefficient (Wildman–Crippen LogP) is 4.73. The van der Waals surface area contributed by atoms with E-state index in [4.69, 9.17) is 4.98 Å². The van der Waals surface area contributed by atoms with E-state index in [0.717, 1.165) is 52.3 Å². The standard InChI is InChI=1S/C20H21N5OS2/c1-13-5-7-18(21-10-13)24-20-23-16(12-28-20)17-4-3-9-25(17)19(26)8-6-15-11-27-14(2)22-15/h5-8,10-12,17H,3-4,9H2,1-2H3,(H,21,23,24)/b8-6+/t17-/m0/s1. The van der Waals surface area contributed by atoms with Crippen LogP contribution >= 0.6 is 22.7 Å². The van der Waals surface area contributed by atoms with Crippen LogP contribution < -0.4 is 5.32 Å². The van der Waals surface area contributed by atoms with Crippen LogP contribution in [0.1, 0.15) is 40.8 Å². The maximum atomic E-state index is 12.7. The van der Waals surface area contributed by atoms with E-state index in [1.54, 1.807) is 23.5 Å². The molecule has 1 saturated heterocycles. The molecule has 3 aromatic rings. The molecule has 4 rings (SSSR count). The minimum atomic E-state index is 0.0101. The van der Waals surface area contributed by atoms with Crippen molar-refractivity contribution in [3.05, 3.63) is 57.1 Å². The number of thiazole rings is 2. The normalized spacial score (nSPS) is 16.8. The van der Waals surface area contributed by atoms with E-state index in [1.165, 1.54) is 11.3 Å². The number of hydrogen-bond donors (Lipinski definition) is 1. The predicted molar refractivity (Wildman–Crippen MR) is 114 cm³/mol. The Morgan fingerprint density at radius 3 is 2.89 bits per heavy atom. The maximum Gasteiger partial charge on any atom is 0.247 e. The first-order valence-electron chi connectivity index (χ1n) is 9.14. The van der Waals surface area contributed by atoms with E-state index in [-0.39, 0.29) is 11.9 Å². The zero-order chi connectivity index (χ0) is 19.5. The number of aryl methyl sites for hydroxylation is 2. The molecule has 0 aliphatic carbocycles. The average Bonchev–Trinajstić information content (AvgIpc) is 3.42. The molecule has 0 radical (unpaired) electrons. The lowest BCUT2D eigenvalue weighted by molar-refractivity contribution is -0.126. The van der Waals surface area contributed by atoms with Crippen LogP contribution in [-0.2, 0) is 4.79 Å². The first-order valence-corrected chi connectivity index (χ1v) is 10.9. The largest absolute Gasteiger partial charge is 0.331 e. The highest BCUT2D eigenvalue weighted by atomic mass is 32.1. The Morgan fingerprint density at radius 1 is 1.25 bits per heavy atom. The third kappa shape index (κ3) is 4.28. The molecular weight excluding hydrogens is 390 g/mol. The fourth-order valence-corrected chi connectivity index (χ4v) is 4.54. The number of aromatic nitrogens is 3. The number of anilines is 2. The summed E-state index contributed by atoms with van der Waals surface area (Å²) in [6.07, 6.45) is 7.15. The molecule has 1 fully saturated rings. The monoisotopic (exact) mass is 411 g/mol. The summed E-state index contributed by atoms with van der Waals surface area (Å²) in [5.74, 6) is 0.781. The first kappa shape index (κ1) is 18.8. The van der Waals surface area contributed by atoms with Crippen molar-refractivity contribution in [3.63, 3.8) is 0 Å². The van der Waals surface area contributed by atoms with Gasteiger partial charge in [0.05, 0.1) is 22.4 Å². The summed E-state index contributed by atoms with van der Waals surface area (Å²) < 4.78 is 0. The number of nitrogens with zero attached hydrogens (tertiary/aromatic N) is 4. The van der Waals surface area contributed by atoms with E-state index in [0.29, 0.717) is 0 Å². The summed E-state index contributed by atoms with van der Waals surface area (Å²) in [6, 6.07) is 3.97. The van der Waals surface area contributed by atoms with Crippen molar-refractivity contribution in [2.24, 2.45) is 0 Å². The lowest BCUT2D eigenvalue weighted by atomic mass is 10.1. The Labute approximate surface area is 172 Å². The highest BCUT2D eigenvalue weighted by molar-refractivity contribution is 7.13. The summed E-state index contributed by atoms with van der Waals surface area (Å²) in [5, 5.41) is 9.01. The second-order valence-corrected chi connectivity index (χ2v) is 8.66. The molecule has 28 heavy (non-hydrogen) atoms. The quantitative estimate of drug-likeness (QED) is 0.615. The van der Waals surface area contributed by atoms with E-state index in [2.05, 4.69) is 15.3 Å². The van der Waals surface area contributed by atoms with Crippen LogP contribution in [-0.4, -0.2) is 32.3 Å². The second kappa shape index (κ2) is 8.20. The van der Waals surface area contributed by atoms with Crippen LogP contribution in [0.4, 0.5) is 10.9 Å². The van der Waals surface area contributed by atoms with Crippen LogP contribution in [0.3, 0.4) is 0 Å². The van der Waals surface area contributed by atoms with E-state index in [9.17, 15) is 4.79 Å². The number of carbonyl (C=O) groups excluding carboxylic acids is 1. The topological polar surface area (TPSA) is 71.0 Å². The molecular formula is C20H21N5OS2.